The Labute approximate surface area is 176 Å². The molecule has 2 atom stereocenters. The van der Waals surface area contributed by atoms with Gasteiger partial charge in [0, 0.05) is 24.5 Å². The van der Waals surface area contributed by atoms with Crippen LogP contribution >= 0.6 is 0 Å². The van der Waals surface area contributed by atoms with Crippen molar-refractivity contribution < 1.29 is 33.4 Å². The van der Waals surface area contributed by atoms with Gasteiger partial charge in [0.2, 0.25) is 0 Å². The van der Waals surface area contributed by atoms with Crippen LogP contribution in [0.4, 0.5) is 0 Å². The van der Waals surface area contributed by atoms with E-state index in [4.69, 9.17) is 14.2 Å². The Morgan fingerprint density at radius 1 is 0.933 bits per heavy atom. The van der Waals surface area contributed by atoms with E-state index < -0.39 is 30.4 Å². The highest BCUT2D eigenvalue weighted by atomic mass is 16.5. The number of piperidine rings is 1. The van der Waals surface area contributed by atoms with Gasteiger partial charge in [-0.2, -0.15) is 0 Å². The Hall–Kier alpha value is -2.84. The molecule has 2 aliphatic heterocycles. The summed E-state index contributed by atoms with van der Waals surface area (Å²) in [4.78, 5) is 51.9. The van der Waals surface area contributed by atoms with Gasteiger partial charge in [0.15, 0.2) is 6.61 Å². The Bertz CT molecular complexity index is 751. The van der Waals surface area contributed by atoms with Gasteiger partial charge in [-0.05, 0) is 32.1 Å². The van der Waals surface area contributed by atoms with Gasteiger partial charge < -0.3 is 24.4 Å². The standard InChI is InChI=1S/C21H30N2O7/c1-11-7-12(2)9-23(8-11)15(24)10-30-21(27)18-16(19(25)28-5)13(3)22-14(4)17(18)20(26)29-6/h11-12,18,22H,7-10H2,1-6H3/t11-,12+. The molecule has 0 unspecified atom stereocenters. The number of methoxy groups -OCH3 is 2. The van der Waals surface area contributed by atoms with Crippen LogP contribution in [0.15, 0.2) is 22.5 Å². The molecule has 9 nitrogen and oxygen atoms in total. The quantitative estimate of drug-likeness (QED) is 0.519. The zero-order chi connectivity index (χ0) is 22.6. The predicted molar refractivity (Wildman–Crippen MR) is 107 cm³/mol. The number of amides is 1. The lowest BCUT2D eigenvalue weighted by atomic mass is 9.85. The van der Waals surface area contributed by atoms with Crippen LogP contribution in [0.5, 0.6) is 0 Å². The molecule has 166 valence electrons. The third-order valence-corrected chi connectivity index (χ3v) is 5.37. The van der Waals surface area contributed by atoms with Gasteiger partial charge in [-0.15, -0.1) is 0 Å². The summed E-state index contributed by atoms with van der Waals surface area (Å²) in [5.74, 6) is -3.37. The second-order valence-electron chi connectivity index (χ2n) is 7.97. The number of likely N-dealkylation sites (tertiary alicyclic amines) is 1. The molecule has 0 spiro atoms. The second-order valence-corrected chi connectivity index (χ2v) is 7.97. The average Bonchev–Trinajstić information content (AvgIpc) is 2.69. The molecule has 2 rings (SSSR count). The molecule has 1 fully saturated rings. The summed E-state index contributed by atoms with van der Waals surface area (Å²) < 4.78 is 14.8. The fourth-order valence-corrected chi connectivity index (χ4v) is 4.16. The fourth-order valence-electron chi connectivity index (χ4n) is 4.16. The van der Waals surface area contributed by atoms with Crippen LogP contribution in [0.1, 0.15) is 34.1 Å². The van der Waals surface area contributed by atoms with Gasteiger partial charge in [0.1, 0.15) is 5.92 Å². The summed E-state index contributed by atoms with van der Waals surface area (Å²) in [7, 11) is 2.35. The molecule has 1 saturated heterocycles. The van der Waals surface area contributed by atoms with Crippen molar-refractivity contribution in [1.29, 1.82) is 0 Å². The monoisotopic (exact) mass is 422 g/mol. The lowest BCUT2D eigenvalue weighted by molar-refractivity contribution is -0.156. The highest BCUT2D eigenvalue weighted by Crippen LogP contribution is 2.32. The predicted octanol–water partition coefficient (Wildman–Crippen LogP) is 1.15. The molecule has 0 aromatic carbocycles. The van der Waals surface area contributed by atoms with Crippen LogP contribution in [-0.2, 0) is 33.4 Å². The molecule has 0 radical (unpaired) electrons. The van der Waals surface area contributed by atoms with Crippen LogP contribution in [0, 0.1) is 17.8 Å². The molecular weight excluding hydrogens is 392 g/mol. The molecule has 0 aromatic heterocycles. The van der Waals surface area contributed by atoms with Gasteiger partial charge >= 0.3 is 17.9 Å². The normalized spacial score (nSPS) is 22.4. The number of ether oxygens (including phenoxy) is 3. The molecule has 30 heavy (non-hydrogen) atoms. The third-order valence-electron chi connectivity index (χ3n) is 5.37. The maximum Gasteiger partial charge on any atom is 0.336 e. The molecule has 1 amide bonds. The second kappa shape index (κ2) is 9.77. The van der Waals surface area contributed by atoms with Crippen molar-refractivity contribution in [2.45, 2.75) is 34.1 Å². The maximum absolute atomic E-state index is 13.0. The fraction of sp³-hybridized carbons (Fsp3) is 0.619. The first-order valence-corrected chi connectivity index (χ1v) is 9.90. The number of carbonyl (C=O) groups excluding carboxylic acids is 4. The van der Waals surface area contributed by atoms with Gasteiger partial charge in [0.25, 0.3) is 5.91 Å². The summed E-state index contributed by atoms with van der Waals surface area (Å²) in [6, 6.07) is 0. The number of carbonyl (C=O) groups is 4. The molecule has 0 aromatic rings. The number of hydrogen-bond acceptors (Lipinski definition) is 8. The molecular formula is C21H30N2O7. The van der Waals surface area contributed by atoms with Crippen molar-refractivity contribution in [3.05, 3.63) is 22.5 Å². The highest BCUT2D eigenvalue weighted by molar-refractivity contribution is 6.05. The minimum atomic E-state index is -1.35. The first-order valence-electron chi connectivity index (χ1n) is 9.90. The number of nitrogens with one attached hydrogen (secondary N) is 1. The molecule has 0 aliphatic carbocycles. The topological polar surface area (TPSA) is 111 Å². The third kappa shape index (κ3) is 5.01. The Balaban J connectivity index is 2.23. The highest BCUT2D eigenvalue weighted by Gasteiger charge is 2.42. The molecule has 2 heterocycles. The summed E-state index contributed by atoms with van der Waals surface area (Å²) in [6.45, 7) is 8.06. The molecule has 0 saturated carbocycles. The largest absolute Gasteiger partial charge is 0.466 e. The van der Waals surface area contributed by atoms with Crippen LogP contribution in [-0.4, -0.2) is 62.6 Å². The van der Waals surface area contributed by atoms with Crippen molar-refractivity contribution in [3.63, 3.8) is 0 Å². The van der Waals surface area contributed by atoms with Crippen molar-refractivity contribution in [2.24, 2.45) is 17.8 Å². The minimum absolute atomic E-state index is 0.0545. The van der Waals surface area contributed by atoms with E-state index in [-0.39, 0.29) is 17.1 Å². The van der Waals surface area contributed by atoms with Gasteiger partial charge in [-0.3, -0.25) is 9.59 Å². The van der Waals surface area contributed by atoms with Crippen LogP contribution < -0.4 is 5.32 Å². The van der Waals surface area contributed by atoms with Crippen molar-refractivity contribution >= 4 is 23.8 Å². The molecule has 9 heteroatoms. The van der Waals surface area contributed by atoms with E-state index in [1.165, 1.54) is 14.2 Å². The number of allylic oxidation sites excluding steroid dienone is 2. The van der Waals surface area contributed by atoms with Crippen LogP contribution in [0.2, 0.25) is 0 Å². The van der Waals surface area contributed by atoms with Gasteiger partial charge in [-0.25, -0.2) is 9.59 Å². The number of rotatable bonds is 5. The van der Waals surface area contributed by atoms with Gasteiger partial charge in [-0.1, -0.05) is 13.8 Å². The van der Waals surface area contributed by atoms with Crippen molar-refractivity contribution in [1.82, 2.24) is 10.2 Å². The number of hydrogen-bond donors (Lipinski definition) is 1. The summed E-state index contributed by atoms with van der Waals surface area (Å²) >= 11 is 0. The Kier molecular flexibility index (Phi) is 7.64. The Morgan fingerprint density at radius 3 is 1.83 bits per heavy atom. The SMILES string of the molecule is COC(=O)C1=C(C)NC(C)=C(C(=O)OC)C1C(=O)OCC(=O)N1C[C@H](C)C[C@H](C)C1. The van der Waals surface area contributed by atoms with Crippen molar-refractivity contribution in [2.75, 3.05) is 33.9 Å². The summed E-state index contributed by atoms with van der Waals surface area (Å²) in [5, 5.41) is 2.90. The first kappa shape index (κ1) is 23.4. The van der Waals surface area contributed by atoms with Crippen LogP contribution in [0.3, 0.4) is 0 Å². The minimum Gasteiger partial charge on any atom is -0.466 e. The maximum atomic E-state index is 13.0. The molecule has 2 aliphatic rings. The number of dihydropyridines is 1. The van der Waals surface area contributed by atoms with E-state index >= 15 is 0 Å². The van der Waals surface area contributed by atoms with Crippen molar-refractivity contribution in [3.8, 4) is 0 Å². The number of esters is 3. The first-order chi connectivity index (χ1) is 14.1. The zero-order valence-electron chi connectivity index (χ0n) is 18.4. The van der Waals surface area contributed by atoms with E-state index in [9.17, 15) is 19.2 Å². The summed E-state index contributed by atoms with van der Waals surface area (Å²) in [5.41, 5.74) is 0.611. The number of nitrogens with zero attached hydrogens (tertiary/aromatic N) is 1. The van der Waals surface area contributed by atoms with Crippen LogP contribution in [0.25, 0.3) is 0 Å². The Morgan fingerprint density at radius 2 is 1.40 bits per heavy atom. The van der Waals surface area contributed by atoms with E-state index in [0.717, 1.165) is 6.42 Å². The smallest absolute Gasteiger partial charge is 0.336 e. The van der Waals surface area contributed by atoms with E-state index in [0.29, 0.717) is 36.3 Å². The lowest BCUT2D eigenvalue weighted by Gasteiger charge is -2.35. The van der Waals surface area contributed by atoms with E-state index in [2.05, 4.69) is 19.2 Å². The summed E-state index contributed by atoms with van der Waals surface area (Å²) in [6.07, 6.45) is 1.04. The van der Waals surface area contributed by atoms with Gasteiger partial charge in [0.05, 0.1) is 25.4 Å². The lowest BCUT2D eigenvalue weighted by Crippen LogP contribution is -2.45. The van der Waals surface area contributed by atoms with E-state index in [1.54, 1.807) is 18.7 Å². The molecule has 1 N–H and O–H groups in total. The molecule has 0 bridgehead atoms. The van der Waals surface area contributed by atoms with E-state index in [1.807, 2.05) is 0 Å². The average molecular weight is 422 g/mol. The zero-order valence-corrected chi connectivity index (χ0v) is 18.4.